The van der Waals surface area contributed by atoms with E-state index in [1.54, 1.807) is 0 Å². The van der Waals surface area contributed by atoms with Crippen molar-refractivity contribution in [3.63, 3.8) is 0 Å². The minimum atomic E-state index is -0.167. The molecule has 0 saturated heterocycles. The first-order valence-corrected chi connectivity index (χ1v) is 17.2. The van der Waals surface area contributed by atoms with E-state index in [2.05, 4.69) is 138 Å². The van der Waals surface area contributed by atoms with E-state index in [9.17, 15) is 10.2 Å². The first-order valence-electron chi connectivity index (χ1n) is 17.2. The van der Waals surface area contributed by atoms with E-state index in [4.69, 9.17) is 0 Å². The molecule has 0 bridgehead atoms. The fourth-order valence-corrected chi connectivity index (χ4v) is 8.39. The highest BCUT2D eigenvalue weighted by Crippen LogP contribution is 2.29. The maximum atomic E-state index is 9.35. The molecular weight excluding hydrogens is 488 g/mol. The Balaban J connectivity index is -0.000000216. The normalized spacial score (nSPS) is 13.9. The van der Waals surface area contributed by atoms with Gasteiger partial charge in [0.15, 0.2) is 0 Å². The maximum absolute atomic E-state index is 9.35. The van der Waals surface area contributed by atoms with Crippen molar-refractivity contribution in [1.29, 1.82) is 0 Å². The van der Waals surface area contributed by atoms with E-state index in [1.807, 2.05) is 13.8 Å². The maximum Gasteiger partial charge on any atom is 0.0545 e. The molecule has 0 aromatic rings. The first-order chi connectivity index (χ1) is 17.9. The molecule has 2 nitrogen and oxygen atoms in total. The molecule has 0 radical (unpaired) electrons. The van der Waals surface area contributed by atoms with Crippen molar-refractivity contribution < 1.29 is 10.2 Å². The van der Waals surface area contributed by atoms with Gasteiger partial charge in [0.1, 0.15) is 0 Å². The van der Waals surface area contributed by atoms with Crippen LogP contribution in [0.4, 0.5) is 0 Å². The molecule has 0 rings (SSSR count). The number of hydrogen-bond donors (Lipinski definition) is 2. The number of rotatable bonds is 12. The van der Waals surface area contributed by atoms with Gasteiger partial charge in [0.2, 0.25) is 0 Å². The smallest absolute Gasteiger partial charge is 0.0545 e. The molecule has 40 heavy (non-hydrogen) atoms. The van der Waals surface area contributed by atoms with Crippen LogP contribution in [0.1, 0.15) is 152 Å². The lowest BCUT2D eigenvalue weighted by Crippen LogP contribution is -2.27. The van der Waals surface area contributed by atoms with Gasteiger partial charge in [-0.05, 0) is 96.7 Å². The Morgan fingerprint density at radius 3 is 0.300 bits per heavy atom. The van der Waals surface area contributed by atoms with Crippen LogP contribution in [0.5, 0.6) is 0 Å². The van der Waals surface area contributed by atoms with Crippen LogP contribution in [0.15, 0.2) is 0 Å². The Hall–Kier alpha value is -0.0800. The lowest BCUT2D eigenvalue weighted by molar-refractivity contribution is 0.0676. The van der Waals surface area contributed by atoms with Crippen molar-refractivity contribution in [3.8, 4) is 0 Å². The topological polar surface area (TPSA) is 40.5 Å². The summed E-state index contributed by atoms with van der Waals surface area (Å²) in [5.41, 5.74) is 0. The molecule has 248 valence electrons. The van der Waals surface area contributed by atoms with Gasteiger partial charge in [-0.1, -0.05) is 138 Å². The zero-order valence-corrected chi connectivity index (χ0v) is 32.1. The summed E-state index contributed by atoms with van der Waals surface area (Å²) in [7, 11) is 0. The quantitative estimate of drug-likeness (QED) is 0.244. The average Bonchev–Trinajstić information content (AvgIpc) is 2.64. The van der Waals surface area contributed by atoms with Gasteiger partial charge in [-0.3, -0.25) is 0 Å². The summed E-state index contributed by atoms with van der Waals surface area (Å²) in [6.07, 6.45) is -0.333. The second-order valence-electron chi connectivity index (χ2n) is 16.2. The van der Waals surface area contributed by atoms with Gasteiger partial charge >= 0.3 is 0 Å². The van der Waals surface area contributed by atoms with Crippen molar-refractivity contribution in [1.82, 2.24) is 0 Å². The van der Waals surface area contributed by atoms with E-state index >= 15 is 0 Å². The summed E-state index contributed by atoms with van der Waals surface area (Å²) in [6, 6.07) is 0. The van der Waals surface area contributed by atoms with Crippen molar-refractivity contribution in [2.24, 2.45) is 82.9 Å². The highest BCUT2D eigenvalue weighted by Gasteiger charge is 2.23. The zero-order valence-electron chi connectivity index (χ0n) is 32.1. The molecule has 0 fully saturated rings. The Morgan fingerprint density at radius 2 is 0.300 bits per heavy atom. The molecule has 0 aromatic carbocycles. The summed E-state index contributed by atoms with van der Waals surface area (Å²) in [5.74, 6) is 10.0. The molecule has 2 atom stereocenters. The van der Waals surface area contributed by atoms with Crippen molar-refractivity contribution in [2.75, 3.05) is 0 Å². The Labute approximate surface area is 257 Å². The second kappa shape index (κ2) is 24.4. The number of aliphatic hydroxyl groups excluding tert-OH is 2. The highest BCUT2D eigenvalue weighted by atomic mass is 16.3. The zero-order chi connectivity index (χ0) is 33.2. The highest BCUT2D eigenvalue weighted by molar-refractivity contribution is 4.72. The van der Waals surface area contributed by atoms with Gasteiger partial charge in [-0.2, -0.15) is 0 Å². The van der Waals surface area contributed by atoms with E-state index in [-0.39, 0.29) is 12.2 Å². The van der Waals surface area contributed by atoms with Gasteiger partial charge in [0, 0.05) is 0 Å². The molecule has 0 heterocycles. The fourth-order valence-electron chi connectivity index (χ4n) is 8.39. The summed E-state index contributed by atoms with van der Waals surface area (Å²) in [6.45, 7) is 49.0. The number of aliphatic hydroxyl groups is 2. The third-order valence-electron chi connectivity index (χ3n) is 8.81. The van der Waals surface area contributed by atoms with Crippen molar-refractivity contribution in [2.45, 2.75) is 165 Å². The lowest BCUT2D eigenvalue weighted by atomic mass is 9.78. The summed E-state index contributed by atoms with van der Waals surface area (Å²) >= 11 is 0. The molecule has 0 aliphatic heterocycles. The third-order valence-corrected chi connectivity index (χ3v) is 8.81. The molecule has 2 N–H and O–H groups in total. The monoisotopic (exact) mass is 573 g/mol. The minimum Gasteiger partial charge on any atom is -0.393 e. The molecule has 0 aromatic heterocycles. The molecule has 0 aliphatic carbocycles. The summed E-state index contributed by atoms with van der Waals surface area (Å²) in [5, 5.41) is 18.7. The lowest BCUT2D eigenvalue weighted by Gasteiger charge is -2.28. The molecule has 0 spiro atoms. The first kappa shape index (κ1) is 46.9. The molecule has 2 heteroatoms. The van der Waals surface area contributed by atoms with E-state index in [0.717, 1.165) is 47.3 Å². The number of hydrogen-bond acceptors (Lipinski definition) is 2. The van der Waals surface area contributed by atoms with Crippen LogP contribution in [0.2, 0.25) is 0 Å². The van der Waals surface area contributed by atoms with Gasteiger partial charge in [0.05, 0.1) is 12.2 Å². The predicted octanol–water partition coefficient (Wildman–Crippen LogP) is 11.7. The molecular formula is C38H84O2. The largest absolute Gasteiger partial charge is 0.393 e. The van der Waals surface area contributed by atoms with Crippen molar-refractivity contribution >= 4 is 0 Å². The average molecular weight is 573 g/mol. The van der Waals surface area contributed by atoms with E-state index in [1.165, 1.54) is 0 Å². The van der Waals surface area contributed by atoms with Gasteiger partial charge < -0.3 is 10.2 Å². The van der Waals surface area contributed by atoms with Crippen LogP contribution < -0.4 is 0 Å². The predicted molar refractivity (Wildman–Crippen MR) is 186 cm³/mol. The van der Waals surface area contributed by atoms with Crippen molar-refractivity contribution in [3.05, 3.63) is 0 Å². The van der Waals surface area contributed by atoms with Crippen LogP contribution in [0, 0.1) is 82.9 Å². The van der Waals surface area contributed by atoms with Crippen LogP contribution >= 0.6 is 0 Å². The van der Waals surface area contributed by atoms with Crippen LogP contribution in [0.3, 0.4) is 0 Å². The molecule has 0 amide bonds. The van der Waals surface area contributed by atoms with Gasteiger partial charge in [-0.15, -0.1) is 0 Å². The van der Waals surface area contributed by atoms with E-state index in [0.29, 0.717) is 35.5 Å². The minimum absolute atomic E-state index is 0.167. The van der Waals surface area contributed by atoms with E-state index < -0.39 is 0 Å². The Kier molecular flexibility index (Phi) is 28.6. The Bertz CT molecular complexity index is 352. The van der Waals surface area contributed by atoms with Crippen LogP contribution in [-0.2, 0) is 0 Å². The SMILES string of the molecule is CC(C)C(C(C)C)C(C)C.CC(C)C(C(C)C)C(C)C.CC(C)C(C(C)C)[C@@H](C)O.CC(C)C(C(C)C)[C@H](C)O. The second-order valence-corrected chi connectivity index (χ2v) is 16.2. The summed E-state index contributed by atoms with van der Waals surface area (Å²) < 4.78 is 0. The molecule has 0 saturated carbocycles. The van der Waals surface area contributed by atoms with Crippen LogP contribution in [0.25, 0.3) is 0 Å². The van der Waals surface area contributed by atoms with Gasteiger partial charge in [0.25, 0.3) is 0 Å². The standard InChI is InChI=1S/2C10H22.2C9H20O/c2*1-7(2)10(8(3)4)9(5)6;2*1-6(2)9(7(3)4)8(5)10/h2*7-10H,1-6H3;2*6-10H,1-5H3/t;;2*8-/m..10/s1. The summed E-state index contributed by atoms with van der Waals surface area (Å²) in [4.78, 5) is 0. The van der Waals surface area contributed by atoms with Crippen LogP contribution in [-0.4, -0.2) is 22.4 Å². The third kappa shape index (κ3) is 22.5. The fraction of sp³-hybridized carbons (Fsp3) is 1.00. The molecule has 0 unspecified atom stereocenters. The Morgan fingerprint density at radius 1 is 0.200 bits per heavy atom. The van der Waals surface area contributed by atoms with Gasteiger partial charge in [-0.25, -0.2) is 0 Å². The molecule has 0 aliphatic rings.